The van der Waals surface area contributed by atoms with Gasteiger partial charge in [0.05, 0.1) is 0 Å². The van der Waals surface area contributed by atoms with Crippen LogP contribution in [-0.2, 0) is 0 Å². The summed E-state index contributed by atoms with van der Waals surface area (Å²) in [5.74, 6) is -0.211. The van der Waals surface area contributed by atoms with Crippen LogP contribution < -0.4 is 5.32 Å². The summed E-state index contributed by atoms with van der Waals surface area (Å²) < 4.78 is 13.8. The highest BCUT2D eigenvalue weighted by Gasteiger charge is 2.24. The van der Waals surface area contributed by atoms with Crippen LogP contribution in [0.2, 0.25) is 0 Å². The summed E-state index contributed by atoms with van der Waals surface area (Å²) in [6.45, 7) is 6.63. The van der Waals surface area contributed by atoms with E-state index in [1.807, 2.05) is 0 Å². The highest BCUT2D eigenvalue weighted by molar-refractivity contribution is 9.10. The zero-order chi connectivity index (χ0) is 12.4. The topological polar surface area (TPSA) is 15.3 Å². The fourth-order valence-electron chi connectivity index (χ4n) is 2.20. The van der Waals surface area contributed by atoms with Gasteiger partial charge in [-0.25, -0.2) is 4.39 Å². The van der Waals surface area contributed by atoms with E-state index < -0.39 is 0 Å². The molecular formula is C13H18BrFN2. The maximum Gasteiger partial charge on any atom is 0.124 e. The van der Waals surface area contributed by atoms with Crippen LogP contribution in [0.1, 0.15) is 20.3 Å². The van der Waals surface area contributed by atoms with Gasteiger partial charge in [0.25, 0.3) is 0 Å². The number of hydrogen-bond acceptors (Lipinski definition) is 2. The molecule has 0 spiro atoms. The molecule has 1 atom stereocenters. The second-order valence-corrected chi connectivity index (χ2v) is 5.70. The van der Waals surface area contributed by atoms with Crippen LogP contribution >= 0.6 is 15.9 Å². The van der Waals surface area contributed by atoms with Crippen molar-refractivity contribution >= 4 is 21.6 Å². The van der Waals surface area contributed by atoms with Gasteiger partial charge in [-0.05, 0) is 54.4 Å². The van der Waals surface area contributed by atoms with E-state index >= 15 is 0 Å². The highest BCUT2D eigenvalue weighted by atomic mass is 79.9. The molecule has 0 bridgehead atoms. The Labute approximate surface area is 110 Å². The number of nitrogens with zero attached hydrogens (tertiary/aromatic N) is 1. The third-order valence-corrected chi connectivity index (χ3v) is 3.90. The Morgan fingerprint density at radius 2 is 2.24 bits per heavy atom. The molecule has 1 fully saturated rings. The van der Waals surface area contributed by atoms with Crippen molar-refractivity contribution in [3.8, 4) is 0 Å². The fourth-order valence-corrected chi connectivity index (χ4v) is 2.67. The summed E-state index contributed by atoms with van der Waals surface area (Å²) in [7, 11) is 0. The van der Waals surface area contributed by atoms with Gasteiger partial charge < -0.3 is 5.32 Å². The monoisotopic (exact) mass is 300 g/mol. The minimum Gasteiger partial charge on any atom is -0.380 e. The number of likely N-dealkylation sites (tertiary alicyclic amines) is 1. The first-order chi connectivity index (χ1) is 8.06. The summed E-state index contributed by atoms with van der Waals surface area (Å²) in [6, 6.07) is 5.83. The predicted molar refractivity (Wildman–Crippen MR) is 72.8 cm³/mol. The lowest BCUT2D eigenvalue weighted by Crippen LogP contribution is -2.31. The summed E-state index contributed by atoms with van der Waals surface area (Å²) in [6.07, 6.45) is 1.14. The average Bonchev–Trinajstić information content (AvgIpc) is 2.71. The molecule has 2 nitrogen and oxygen atoms in total. The average molecular weight is 301 g/mol. The van der Waals surface area contributed by atoms with Gasteiger partial charge in [-0.1, -0.05) is 0 Å². The van der Waals surface area contributed by atoms with E-state index in [1.54, 1.807) is 6.07 Å². The second-order valence-electron chi connectivity index (χ2n) is 4.84. The van der Waals surface area contributed by atoms with Gasteiger partial charge in [0.15, 0.2) is 0 Å². The van der Waals surface area contributed by atoms with E-state index in [0.717, 1.165) is 29.7 Å². The molecule has 0 aromatic heterocycles. The first-order valence-corrected chi connectivity index (χ1v) is 6.81. The molecule has 1 aromatic rings. The van der Waals surface area contributed by atoms with E-state index in [0.29, 0.717) is 12.1 Å². The predicted octanol–water partition coefficient (Wildman–Crippen LogP) is 3.48. The Morgan fingerprint density at radius 1 is 1.47 bits per heavy atom. The smallest absolute Gasteiger partial charge is 0.124 e. The molecule has 1 aliphatic heterocycles. The molecule has 1 heterocycles. The molecule has 0 radical (unpaired) electrons. The largest absolute Gasteiger partial charge is 0.380 e. The quantitative estimate of drug-likeness (QED) is 0.919. The summed E-state index contributed by atoms with van der Waals surface area (Å²) >= 11 is 3.38. The first kappa shape index (κ1) is 12.8. The molecule has 4 heteroatoms. The number of rotatable bonds is 3. The minimum absolute atomic E-state index is 0.211. The van der Waals surface area contributed by atoms with Crippen LogP contribution in [0.5, 0.6) is 0 Å². The second kappa shape index (κ2) is 5.36. The van der Waals surface area contributed by atoms with Crippen LogP contribution in [0.15, 0.2) is 22.7 Å². The van der Waals surface area contributed by atoms with Crippen molar-refractivity contribution in [2.75, 3.05) is 18.4 Å². The van der Waals surface area contributed by atoms with Gasteiger partial charge >= 0.3 is 0 Å². The van der Waals surface area contributed by atoms with Crippen molar-refractivity contribution in [2.45, 2.75) is 32.4 Å². The molecule has 0 amide bonds. The molecule has 1 aliphatic rings. The van der Waals surface area contributed by atoms with Gasteiger partial charge in [-0.15, -0.1) is 0 Å². The van der Waals surface area contributed by atoms with E-state index in [9.17, 15) is 4.39 Å². The molecule has 94 valence electrons. The van der Waals surface area contributed by atoms with E-state index in [4.69, 9.17) is 0 Å². The number of hydrogen-bond donors (Lipinski definition) is 1. The minimum atomic E-state index is -0.211. The Morgan fingerprint density at radius 3 is 2.82 bits per heavy atom. The Kier molecular flexibility index (Phi) is 4.05. The van der Waals surface area contributed by atoms with Crippen molar-refractivity contribution in [2.24, 2.45) is 0 Å². The number of halogens is 2. The third kappa shape index (κ3) is 3.19. The molecule has 1 aromatic carbocycles. The lowest BCUT2D eigenvalue weighted by Gasteiger charge is -2.21. The van der Waals surface area contributed by atoms with Crippen molar-refractivity contribution in [3.63, 3.8) is 0 Å². The lowest BCUT2D eigenvalue weighted by atomic mass is 10.2. The molecule has 1 N–H and O–H groups in total. The number of benzene rings is 1. The highest BCUT2D eigenvalue weighted by Crippen LogP contribution is 2.25. The maximum atomic E-state index is 13.0. The summed E-state index contributed by atoms with van der Waals surface area (Å²) in [5, 5.41) is 3.47. The molecular weight excluding hydrogens is 283 g/mol. The fraction of sp³-hybridized carbons (Fsp3) is 0.538. The van der Waals surface area contributed by atoms with Gasteiger partial charge in [0.1, 0.15) is 5.82 Å². The molecule has 0 aliphatic carbocycles. The third-order valence-electron chi connectivity index (χ3n) is 3.24. The molecule has 17 heavy (non-hydrogen) atoms. The van der Waals surface area contributed by atoms with Crippen LogP contribution in [0.3, 0.4) is 0 Å². The van der Waals surface area contributed by atoms with Gasteiger partial charge in [-0.3, -0.25) is 4.90 Å². The zero-order valence-corrected chi connectivity index (χ0v) is 11.8. The van der Waals surface area contributed by atoms with E-state index in [1.165, 1.54) is 12.1 Å². The molecule has 2 rings (SSSR count). The normalized spacial score (nSPS) is 21.1. The Balaban J connectivity index is 1.98. The SMILES string of the molecule is CC(C)N1CCC(Nc2ccc(F)cc2Br)C1. The summed E-state index contributed by atoms with van der Waals surface area (Å²) in [4.78, 5) is 2.45. The van der Waals surface area contributed by atoms with Crippen molar-refractivity contribution in [1.29, 1.82) is 0 Å². The van der Waals surface area contributed by atoms with Crippen LogP contribution in [0, 0.1) is 5.82 Å². The molecule has 1 saturated heterocycles. The van der Waals surface area contributed by atoms with E-state index in [-0.39, 0.29) is 5.82 Å². The van der Waals surface area contributed by atoms with Gasteiger partial charge in [0, 0.05) is 35.3 Å². The lowest BCUT2D eigenvalue weighted by molar-refractivity contribution is 0.274. The molecule has 1 unspecified atom stereocenters. The Bertz CT molecular complexity index is 395. The Hall–Kier alpha value is -0.610. The zero-order valence-electron chi connectivity index (χ0n) is 10.2. The summed E-state index contributed by atoms with van der Waals surface area (Å²) in [5.41, 5.74) is 0.974. The first-order valence-electron chi connectivity index (χ1n) is 6.02. The standard InChI is InChI=1S/C13H18BrFN2/c1-9(2)17-6-5-11(8-17)16-13-4-3-10(15)7-12(13)14/h3-4,7,9,11,16H,5-6,8H2,1-2H3. The van der Waals surface area contributed by atoms with Crippen molar-refractivity contribution in [3.05, 3.63) is 28.5 Å². The van der Waals surface area contributed by atoms with Gasteiger partial charge in [0.2, 0.25) is 0 Å². The van der Waals surface area contributed by atoms with Crippen LogP contribution in [0.25, 0.3) is 0 Å². The van der Waals surface area contributed by atoms with Crippen LogP contribution in [0.4, 0.5) is 10.1 Å². The van der Waals surface area contributed by atoms with E-state index in [2.05, 4.69) is 40.0 Å². The number of nitrogens with one attached hydrogen (secondary N) is 1. The molecule has 0 saturated carbocycles. The van der Waals surface area contributed by atoms with Crippen molar-refractivity contribution in [1.82, 2.24) is 4.90 Å². The van der Waals surface area contributed by atoms with Crippen molar-refractivity contribution < 1.29 is 4.39 Å². The number of anilines is 1. The maximum absolute atomic E-state index is 13.0. The van der Waals surface area contributed by atoms with Gasteiger partial charge in [-0.2, -0.15) is 0 Å². The van der Waals surface area contributed by atoms with Crippen LogP contribution in [-0.4, -0.2) is 30.1 Å².